The van der Waals surface area contributed by atoms with Crippen molar-refractivity contribution in [3.63, 3.8) is 0 Å². The summed E-state index contributed by atoms with van der Waals surface area (Å²) in [6.45, 7) is 4.84. The molecule has 0 unspecified atom stereocenters. The lowest BCUT2D eigenvalue weighted by Gasteiger charge is -2.06. The standard InChI is InChI=1S/C20H21ClN4O2/c1-13(2)11-22-19(26)17-16-9-5-6-10-25(16)18(24-17)20(27)23-12-14-7-3-4-8-15(14)21/h3-10,13H,11-12H2,1-2H3,(H,22,26)(H,23,27). The zero-order valence-corrected chi connectivity index (χ0v) is 16.0. The highest BCUT2D eigenvalue weighted by atomic mass is 35.5. The molecule has 2 heterocycles. The molecule has 2 amide bonds. The molecular weight excluding hydrogens is 364 g/mol. The summed E-state index contributed by atoms with van der Waals surface area (Å²) in [5.74, 6) is -0.190. The van der Waals surface area contributed by atoms with Crippen LogP contribution in [0.1, 0.15) is 40.5 Å². The Morgan fingerprint density at radius 1 is 1.07 bits per heavy atom. The number of hydrogen-bond acceptors (Lipinski definition) is 3. The molecule has 2 aromatic heterocycles. The molecule has 0 radical (unpaired) electrons. The maximum Gasteiger partial charge on any atom is 0.287 e. The molecule has 0 saturated carbocycles. The molecule has 6 nitrogen and oxygen atoms in total. The first-order chi connectivity index (χ1) is 13.0. The molecule has 0 spiro atoms. The fraction of sp³-hybridized carbons (Fsp3) is 0.250. The van der Waals surface area contributed by atoms with Gasteiger partial charge in [0.05, 0.1) is 5.52 Å². The third-order valence-electron chi connectivity index (χ3n) is 4.03. The van der Waals surface area contributed by atoms with Gasteiger partial charge in [-0.15, -0.1) is 0 Å². The number of hydrogen-bond donors (Lipinski definition) is 2. The summed E-state index contributed by atoms with van der Waals surface area (Å²) in [4.78, 5) is 29.5. The molecule has 0 aliphatic rings. The van der Waals surface area contributed by atoms with Crippen LogP contribution in [0.2, 0.25) is 5.02 Å². The minimum absolute atomic E-state index is 0.160. The monoisotopic (exact) mass is 384 g/mol. The number of aromatic nitrogens is 2. The fourth-order valence-corrected chi connectivity index (χ4v) is 2.84. The van der Waals surface area contributed by atoms with E-state index in [9.17, 15) is 9.59 Å². The van der Waals surface area contributed by atoms with Crippen molar-refractivity contribution in [3.8, 4) is 0 Å². The molecule has 27 heavy (non-hydrogen) atoms. The average molecular weight is 385 g/mol. The van der Waals surface area contributed by atoms with Crippen LogP contribution in [-0.2, 0) is 6.54 Å². The van der Waals surface area contributed by atoms with Gasteiger partial charge >= 0.3 is 0 Å². The molecule has 0 saturated heterocycles. The Balaban J connectivity index is 1.85. The Labute approximate surface area is 162 Å². The summed E-state index contributed by atoms with van der Waals surface area (Å²) in [6, 6.07) is 12.7. The molecule has 140 valence electrons. The number of imidazole rings is 1. The lowest BCUT2D eigenvalue weighted by Crippen LogP contribution is -2.28. The third-order valence-corrected chi connectivity index (χ3v) is 4.40. The Bertz CT molecular complexity index is 981. The second-order valence-corrected chi connectivity index (χ2v) is 7.03. The van der Waals surface area contributed by atoms with E-state index in [2.05, 4.69) is 15.6 Å². The van der Waals surface area contributed by atoms with Gasteiger partial charge in [0, 0.05) is 24.3 Å². The number of nitrogens with one attached hydrogen (secondary N) is 2. The van der Waals surface area contributed by atoms with E-state index in [-0.39, 0.29) is 29.9 Å². The van der Waals surface area contributed by atoms with Crippen molar-refractivity contribution in [2.24, 2.45) is 5.92 Å². The van der Waals surface area contributed by atoms with E-state index in [1.54, 1.807) is 28.8 Å². The number of pyridine rings is 1. The van der Waals surface area contributed by atoms with Crippen molar-refractivity contribution in [1.82, 2.24) is 20.0 Å². The maximum absolute atomic E-state index is 12.7. The lowest BCUT2D eigenvalue weighted by molar-refractivity contribution is 0.0939. The molecule has 0 aliphatic heterocycles. The Hall–Kier alpha value is -2.86. The van der Waals surface area contributed by atoms with Crippen LogP contribution in [0.5, 0.6) is 0 Å². The highest BCUT2D eigenvalue weighted by Gasteiger charge is 2.21. The van der Waals surface area contributed by atoms with Crippen LogP contribution in [-0.4, -0.2) is 27.7 Å². The number of halogens is 1. The van der Waals surface area contributed by atoms with Gasteiger partial charge in [-0.25, -0.2) is 4.98 Å². The van der Waals surface area contributed by atoms with Crippen LogP contribution in [0.15, 0.2) is 48.7 Å². The van der Waals surface area contributed by atoms with E-state index in [0.29, 0.717) is 23.0 Å². The van der Waals surface area contributed by atoms with Crippen LogP contribution in [0, 0.1) is 5.92 Å². The number of carbonyl (C=O) groups excluding carboxylic acids is 2. The van der Waals surface area contributed by atoms with Crippen molar-refractivity contribution in [2.75, 3.05) is 6.54 Å². The zero-order valence-electron chi connectivity index (χ0n) is 15.2. The SMILES string of the molecule is CC(C)CNC(=O)c1nc(C(=O)NCc2ccccc2Cl)n2ccccc12. The van der Waals surface area contributed by atoms with Gasteiger partial charge in [0.15, 0.2) is 5.69 Å². The fourth-order valence-electron chi connectivity index (χ4n) is 2.64. The highest BCUT2D eigenvalue weighted by molar-refractivity contribution is 6.31. The molecule has 0 aliphatic carbocycles. The molecular formula is C20H21ClN4O2. The first-order valence-corrected chi connectivity index (χ1v) is 9.12. The minimum Gasteiger partial charge on any atom is -0.350 e. The molecule has 3 rings (SSSR count). The molecule has 0 atom stereocenters. The number of benzene rings is 1. The third kappa shape index (κ3) is 4.28. The number of nitrogens with zero attached hydrogens (tertiary/aromatic N) is 2. The van der Waals surface area contributed by atoms with Crippen LogP contribution in [0.4, 0.5) is 0 Å². The minimum atomic E-state index is -0.376. The summed E-state index contributed by atoms with van der Waals surface area (Å²) in [7, 11) is 0. The highest BCUT2D eigenvalue weighted by Crippen LogP contribution is 2.16. The van der Waals surface area contributed by atoms with Crippen molar-refractivity contribution >= 4 is 28.9 Å². The van der Waals surface area contributed by atoms with Crippen molar-refractivity contribution in [3.05, 3.63) is 70.8 Å². The lowest BCUT2D eigenvalue weighted by atomic mass is 10.2. The molecule has 7 heteroatoms. The maximum atomic E-state index is 12.7. The van der Waals surface area contributed by atoms with Crippen LogP contribution in [0.25, 0.3) is 5.52 Å². The first-order valence-electron chi connectivity index (χ1n) is 8.74. The topological polar surface area (TPSA) is 75.5 Å². The summed E-state index contributed by atoms with van der Waals surface area (Å²) in [6.07, 6.45) is 1.71. The van der Waals surface area contributed by atoms with Crippen LogP contribution in [0.3, 0.4) is 0 Å². The number of carbonyl (C=O) groups is 2. The van der Waals surface area contributed by atoms with Gasteiger partial charge in [0.2, 0.25) is 5.82 Å². The van der Waals surface area contributed by atoms with E-state index < -0.39 is 0 Å². The van der Waals surface area contributed by atoms with E-state index in [1.807, 2.05) is 38.1 Å². The Kier molecular flexibility index (Phi) is 5.76. The molecule has 0 bridgehead atoms. The van der Waals surface area contributed by atoms with Gasteiger partial charge in [-0.1, -0.05) is 49.7 Å². The summed E-state index contributed by atoms with van der Waals surface area (Å²) in [5, 5.41) is 6.24. The van der Waals surface area contributed by atoms with E-state index in [0.717, 1.165) is 5.56 Å². The molecule has 2 N–H and O–H groups in total. The normalized spacial score (nSPS) is 11.0. The predicted octanol–water partition coefficient (Wildman–Crippen LogP) is 3.30. The van der Waals surface area contributed by atoms with E-state index >= 15 is 0 Å². The molecule has 1 aromatic carbocycles. The van der Waals surface area contributed by atoms with Gasteiger partial charge in [-0.2, -0.15) is 0 Å². The molecule has 0 fully saturated rings. The summed E-state index contributed by atoms with van der Waals surface area (Å²) in [5.41, 5.74) is 1.63. The Morgan fingerprint density at radius 2 is 1.81 bits per heavy atom. The largest absolute Gasteiger partial charge is 0.350 e. The zero-order chi connectivity index (χ0) is 19.4. The van der Waals surface area contributed by atoms with Gasteiger partial charge in [-0.05, 0) is 29.7 Å². The summed E-state index contributed by atoms with van der Waals surface area (Å²) < 4.78 is 1.62. The Morgan fingerprint density at radius 3 is 2.56 bits per heavy atom. The smallest absolute Gasteiger partial charge is 0.287 e. The van der Waals surface area contributed by atoms with Gasteiger partial charge in [0.1, 0.15) is 0 Å². The molecule has 3 aromatic rings. The van der Waals surface area contributed by atoms with Crippen LogP contribution < -0.4 is 10.6 Å². The van der Waals surface area contributed by atoms with Gasteiger partial charge < -0.3 is 10.6 Å². The van der Waals surface area contributed by atoms with Crippen molar-refractivity contribution in [1.29, 1.82) is 0 Å². The average Bonchev–Trinajstić information content (AvgIpc) is 3.05. The van der Waals surface area contributed by atoms with Crippen LogP contribution >= 0.6 is 11.6 Å². The van der Waals surface area contributed by atoms with E-state index in [4.69, 9.17) is 11.6 Å². The van der Waals surface area contributed by atoms with Gasteiger partial charge in [0.25, 0.3) is 11.8 Å². The van der Waals surface area contributed by atoms with Crippen molar-refractivity contribution < 1.29 is 9.59 Å². The number of rotatable bonds is 6. The number of amides is 2. The quantitative estimate of drug-likeness (QED) is 0.684. The second kappa shape index (κ2) is 8.22. The van der Waals surface area contributed by atoms with Crippen molar-refractivity contribution in [2.45, 2.75) is 20.4 Å². The first kappa shape index (κ1) is 18.9. The predicted molar refractivity (Wildman–Crippen MR) is 105 cm³/mol. The van der Waals surface area contributed by atoms with Gasteiger partial charge in [-0.3, -0.25) is 14.0 Å². The second-order valence-electron chi connectivity index (χ2n) is 6.62. The number of fused-ring (bicyclic) bond motifs is 1. The van der Waals surface area contributed by atoms with E-state index in [1.165, 1.54) is 0 Å². The summed E-state index contributed by atoms with van der Waals surface area (Å²) >= 11 is 6.13.